The SMILES string of the molecule is CC(C)c1nnc(N2CCC(c3ccn(C)c(=O)c3)CC2)s1. The molecule has 6 heteroatoms. The highest BCUT2D eigenvalue weighted by atomic mass is 32.1. The number of hydrogen-bond donors (Lipinski definition) is 0. The molecule has 1 saturated heterocycles. The fourth-order valence-electron chi connectivity index (χ4n) is 2.81. The lowest BCUT2D eigenvalue weighted by Gasteiger charge is -2.31. The van der Waals surface area contributed by atoms with Crippen LogP contribution in [-0.4, -0.2) is 27.9 Å². The van der Waals surface area contributed by atoms with Crippen molar-refractivity contribution in [2.75, 3.05) is 18.0 Å². The zero-order valence-electron chi connectivity index (χ0n) is 13.3. The first-order chi connectivity index (χ1) is 10.5. The lowest BCUT2D eigenvalue weighted by Crippen LogP contribution is -2.33. The quantitative estimate of drug-likeness (QED) is 0.873. The first-order valence-electron chi connectivity index (χ1n) is 7.79. The minimum Gasteiger partial charge on any atom is -0.347 e. The van der Waals surface area contributed by atoms with Gasteiger partial charge in [-0.3, -0.25) is 4.79 Å². The normalized spacial score (nSPS) is 16.5. The Morgan fingerprint density at radius 1 is 1.27 bits per heavy atom. The molecule has 0 aliphatic carbocycles. The fourth-order valence-corrected chi connectivity index (χ4v) is 3.71. The highest BCUT2D eigenvalue weighted by Crippen LogP contribution is 2.32. The van der Waals surface area contributed by atoms with Crippen LogP contribution in [0.5, 0.6) is 0 Å². The van der Waals surface area contributed by atoms with E-state index in [2.05, 4.69) is 35.0 Å². The Balaban J connectivity index is 1.66. The van der Waals surface area contributed by atoms with Gasteiger partial charge in [0.05, 0.1) is 0 Å². The van der Waals surface area contributed by atoms with Crippen LogP contribution in [0.2, 0.25) is 0 Å². The first kappa shape index (κ1) is 15.2. The number of anilines is 1. The molecule has 0 N–H and O–H groups in total. The molecule has 1 aliphatic heterocycles. The maximum absolute atomic E-state index is 11.8. The molecule has 0 unspecified atom stereocenters. The van der Waals surface area contributed by atoms with E-state index in [0.717, 1.165) is 36.1 Å². The Bertz CT molecular complexity index is 698. The summed E-state index contributed by atoms with van der Waals surface area (Å²) < 4.78 is 1.62. The molecule has 0 saturated carbocycles. The molecule has 3 heterocycles. The van der Waals surface area contributed by atoms with E-state index in [1.54, 1.807) is 29.0 Å². The number of rotatable bonds is 3. The van der Waals surface area contributed by atoms with Gasteiger partial charge in [-0.25, -0.2) is 0 Å². The molecule has 3 rings (SSSR count). The topological polar surface area (TPSA) is 51.0 Å². The maximum atomic E-state index is 11.8. The van der Waals surface area contributed by atoms with E-state index >= 15 is 0 Å². The zero-order valence-corrected chi connectivity index (χ0v) is 14.1. The van der Waals surface area contributed by atoms with Gasteiger partial charge in [-0.15, -0.1) is 10.2 Å². The molecular formula is C16H22N4OS. The van der Waals surface area contributed by atoms with E-state index in [1.807, 2.05) is 6.20 Å². The van der Waals surface area contributed by atoms with Gasteiger partial charge in [-0.05, 0) is 30.4 Å². The third-order valence-electron chi connectivity index (χ3n) is 4.29. The van der Waals surface area contributed by atoms with E-state index in [4.69, 9.17) is 0 Å². The Hall–Kier alpha value is -1.69. The van der Waals surface area contributed by atoms with Crippen molar-refractivity contribution in [2.24, 2.45) is 7.05 Å². The predicted molar refractivity (Wildman–Crippen MR) is 89.9 cm³/mol. The number of aromatic nitrogens is 3. The summed E-state index contributed by atoms with van der Waals surface area (Å²) in [5.74, 6) is 0.909. The zero-order chi connectivity index (χ0) is 15.7. The lowest BCUT2D eigenvalue weighted by atomic mass is 9.90. The maximum Gasteiger partial charge on any atom is 0.250 e. The van der Waals surface area contributed by atoms with Crippen molar-refractivity contribution in [3.05, 3.63) is 39.3 Å². The van der Waals surface area contributed by atoms with Crippen LogP contribution in [-0.2, 0) is 7.05 Å². The van der Waals surface area contributed by atoms with Gasteiger partial charge in [-0.1, -0.05) is 25.2 Å². The third kappa shape index (κ3) is 3.06. The molecule has 0 bridgehead atoms. The smallest absolute Gasteiger partial charge is 0.250 e. The second-order valence-corrected chi connectivity index (χ2v) is 7.24. The second-order valence-electron chi connectivity index (χ2n) is 6.25. The van der Waals surface area contributed by atoms with E-state index in [1.165, 1.54) is 5.56 Å². The van der Waals surface area contributed by atoms with Crippen molar-refractivity contribution in [1.82, 2.24) is 14.8 Å². The molecule has 0 radical (unpaired) electrons. The van der Waals surface area contributed by atoms with Gasteiger partial charge >= 0.3 is 0 Å². The molecule has 118 valence electrons. The number of piperidine rings is 1. The number of hydrogen-bond acceptors (Lipinski definition) is 5. The van der Waals surface area contributed by atoms with E-state index in [-0.39, 0.29) is 5.56 Å². The fraction of sp³-hybridized carbons (Fsp3) is 0.562. The Kier molecular flexibility index (Phi) is 4.29. The van der Waals surface area contributed by atoms with Crippen LogP contribution in [0.15, 0.2) is 23.1 Å². The van der Waals surface area contributed by atoms with Gasteiger partial charge in [0.25, 0.3) is 5.56 Å². The Labute approximate surface area is 134 Å². The van der Waals surface area contributed by atoms with Crippen LogP contribution in [0, 0.1) is 0 Å². The standard InChI is InChI=1S/C16H22N4OS/c1-11(2)15-17-18-16(22-15)20-8-5-12(6-9-20)13-4-7-19(3)14(21)10-13/h4,7,10-12H,5-6,8-9H2,1-3H3. The minimum absolute atomic E-state index is 0.0747. The lowest BCUT2D eigenvalue weighted by molar-refractivity contribution is 0.502. The highest BCUT2D eigenvalue weighted by molar-refractivity contribution is 7.15. The first-order valence-corrected chi connectivity index (χ1v) is 8.61. The van der Waals surface area contributed by atoms with Crippen LogP contribution in [0.3, 0.4) is 0 Å². The summed E-state index contributed by atoms with van der Waals surface area (Å²) in [4.78, 5) is 14.1. The van der Waals surface area contributed by atoms with Crippen molar-refractivity contribution < 1.29 is 0 Å². The monoisotopic (exact) mass is 318 g/mol. The summed E-state index contributed by atoms with van der Waals surface area (Å²) in [5, 5.41) is 10.7. The summed E-state index contributed by atoms with van der Waals surface area (Å²) in [6, 6.07) is 3.85. The summed E-state index contributed by atoms with van der Waals surface area (Å²) in [7, 11) is 1.79. The molecule has 22 heavy (non-hydrogen) atoms. The summed E-state index contributed by atoms with van der Waals surface area (Å²) in [6.07, 6.45) is 3.98. The number of pyridine rings is 1. The molecule has 2 aromatic rings. The van der Waals surface area contributed by atoms with Gasteiger partial charge in [-0.2, -0.15) is 0 Å². The summed E-state index contributed by atoms with van der Waals surface area (Å²) in [5.41, 5.74) is 1.24. The average Bonchev–Trinajstić information content (AvgIpc) is 3.00. The molecule has 2 aromatic heterocycles. The van der Waals surface area contributed by atoms with Gasteiger partial charge in [0.2, 0.25) is 5.13 Å². The second kappa shape index (κ2) is 6.20. The van der Waals surface area contributed by atoms with Gasteiger partial charge < -0.3 is 9.47 Å². The molecule has 1 fully saturated rings. The van der Waals surface area contributed by atoms with Gasteiger partial charge in [0.15, 0.2) is 0 Å². The Morgan fingerprint density at radius 2 is 2.00 bits per heavy atom. The molecule has 0 amide bonds. The van der Waals surface area contributed by atoms with Crippen LogP contribution in [0.25, 0.3) is 0 Å². The van der Waals surface area contributed by atoms with E-state index in [0.29, 0.717) is 11.8 Å². The van der Waals surface area contributed by atoms with Crippen LogP contribution in [0.4, 0.5) is 5.13 Å². The number of aryl methyl sites for hydroxylation is 1. The largest absolute Gasteiger partial charge is 0.347 e. The van der Waals surface area contributed by atoms with Crippen molar-refractivity contribution in [2.45, 2.75) is 38.5 Å². The van der Waals surface area contributed by atoms with E-state index < -0.39 is 0 Å². The average molecular weight is 318 g/mol. The molecule has 0 spiro atoms. The molecule has 0 aromatic carbocycles. The van der Waals surface area contributed by atoms with Crippen molar-refractivity contribution >= 4 is 16.5 Å². The summed E-state index contributed by atoms with van der Waals surface area (Å²) in [6.45, 7) is 6.25. The van der Waals surface area contributed by atoms with Crippen LogP contribution in [0.1, 0.15) is 49.1 Å². The predicted octanol–water partition coefficient (Wildman–Crippen LogP) is 2.74. The highest BCUT2D eigenvalue weighted by Gasteiger charge is 2.23. The van der Waals surface area contributed by atoms with Crippen LogP contribution < -0.4 is 10.5 Å². The molecule has 5 nitrogen and oxygen atoms in total. The van der Waals surface area contributed by atoms with Crippen molar-refractivity contribution in [1.29, 1.82) is 0 Å². The van der Waals surface area contributed by atoms with Gasteiger partial charge in [0.1, 0.15) is 5.01 Å². The van der Waals surface area contributed by atoms with Crippen molar-refractivity contribution in [3.63, 3.8) is 0 Å². The molecule has 0 atom stereocenters. The molecular weight excluding hydrogens is 296 g/mol. The Morgan fingerprint density at radius 3 is 2.59 bits per heavy atom. The van der Waals surface area contributed by atoms with Crippen molar-refractivity contribution in [3.8, 4) is 0 Å². The number of nitrogens with zero attached hydrogens (tertiary/aromatic N) is 4. The molecule has 1 aliphatic rings. The van der Waals surface area contributed by atoms with Crippen LogP contribution >= 0.6 is 11.3 Å². The summed E-state index contributed by atoms with van der Waals surface area (Å²) >= 11 is 1.70. The third-order valence-corrected chi connectivity index (χ3v) is 5.57. The van der Waals surface area contributed by atoms with Gasteiger partial charge in [0, 0.05) is 38.3 Å². The van der Waals surface area contributed by atoms with E-state index in [9.17, 15) is 4.79 Å². The minimum atomic E-state index is 0.0747.